The van der Waals surface area contributed by atoms with E-state index in [4.69, 9.17) is 9.47 Å². The van der Waals surface area contributed by atoms with E-state index in [-0.39, 0.29) is 17.2 Å². The normalized spacial score (nSPS) is 33.3. The largest absolute Gasteiger partial charge is 0.394 e. The highest BCUT2D eigenvalue weighted by Crippen LogP contribution is 2.42. The highest BCUT2D eigenvalue weighted by molar-refractivity contribution is 8.00. The molecule has 2 aliphatic rings. The third-order valence-corrected chi connectivity index (χ3v) is 8.80. The molecule has 3 aromatic rings. The molecule has 43 heavy (non-hydrogen) atoms. The van der Waals surface area contributed by atoms with Gasteiger partial charge in [0.05, 0.1) is 25.1 Å². The molecule has 0 spiro atoms. The Kier molecular flexibility index (Phi) is 9.40. The molecule has 14 nitrogen and oxygen atoms in total. The number of benzene rings is 1. The summed E-state index contributed by atoms with van der Waals surface area (Å²) in [5.74, 6) is -4.56. The maximum absolute atomic E-state index is 13.8. The van der Waals surface area contributed by atoms with E-state index < -0.39 is 90.2 Å². The Bertz CT molecular complexity index is 1390. The Morgan fingerprint density at radius 3 is 1.74 bits per heavy atom. The molecular formula is C25H31F3N6O8S. The van der Waals surface area contributed by atoms with Gasteiger partial charge in [0.1, 0.15) is 65.3 Å². The maximum atomic E-state index is 13.8. The van der Waals surface area contributed by atoms with Crippen molar-refractivity contribution in [2.75, 3.05) is 13.2 Å². The summed E-state index contributed by atoms with van der Waals surface area (Å²) in [6.45, 7) is 2.47. The predicted molar refractivity (Wildman–Crippen MR) is 141 cm³/mol. The van der Waals surface area contributed by atoms with E-state index in [0.29, 0.717) is 17.8 Å². The zero-order chi connectivity index (χ0) is 31.2. The van der Waals surface area contributed by atoms with Gasteiger partial charge in [-0.1, -0.05) is 36.0 Å². The van der Waals surface area contributed by atoms with Gasteiger partial charge in [-0.2, -0.15) is 0 Å². The standard InChI is InChI=1S/C25H31F3N6O8S/c1-9(2)13-5-33(31-29-13)18-20(37)15(7-35)41-24(22(18)39)43-25-23(40)19(21(38)16(8-36)42-25)34-6-14(30-32-34)10-3-11(26)17(28)12(27)4-10/h3-6,9,15-16,18-25,35-40H,7-8H2,1-2H3/t15-,16?,18?,19?,20?,21?,22?,23?,24+,25?/m1/s1. The van der Waals surface area contributed by atoms with Gasteiger partial charge in [-0.3, -0.25) is 0 Å². The SMILES string of the molecule is CC(C)c1cn(C2C(O)[C@@H](CO)O[C@@H](SC3OC(CO)C(O)C(n4cc(-c5cc(F)c(F)c(F)c5)nn4)C3O)C2O)nn1. The number of nitrogens with zero attached hydrogens (tertiary/aromatic N) is 6. The Morgan fingerprint density at radius 2 is 1.28 bits per heavy atom. The molecule has 2 aromatic heterocycles. The number of rotatable bonds is 8. The third kappa shape index (κ3) is 6.03. The van der Waals surface area contributed by atoms with Crippen molar-refractivity contribution in [3.05, 3.63) is 47.7 Å². The van der Waals surface area contributed by atoms with Crippen molar-refractivity contribution in [3.8, 4) is 11.3 Å². The average molecular weight is 633 g/mol. The first-order valence-corrected chi connectivity index (χ1v) is 14.3. The molecule has 8 unspecified atom stereocenters. The second-order valence-electron chi connectivity index (χ2n) is 10.6. The highest BCUT2D eigenvalue weighted by atomic mass is 32.2. The van der Waals surface area contributed by atoms with E-state index in [1.165, 1.54) is 10.9 Å². The Balaban J connectivity index is 1.41. The van der Waals surface area contributed by atoms with Crippen LogP contribution in [0.4, 0.5) is 13.2 Å². The molecule has 0 radical (unpaired) electrons. The fourth-order valence-corrected chi connectivity index (χ4v) is 6.40. The van der Waals surface area contributed by atoms with Crippen LogP contribution in [0.1, 0.15) is 37.5 Å². The molecule has 2 aliphatic heterocycles. The minimum absolute atomic E-state index is 0.00431. The summed E-state index contributed by atoms with van der Waals surface area (Å²) in [6, 6.07) is -1.00. The van der Waals surface area contributed by atoms with E-state index in [9.17, 15) is 43.8 Å². The molecule has 0 aliphatic carbocycles. The van der Waals surface area contributed by atoms with Crippen molar-refractivity contribution in [1.82, 2.24) is 30.0 Å². The van der Waals surface area contributed by atoms with Crippen molar-refractivity contribution in [2.45, 2.75) is 79.3 Å². The Morgan fingerprint density at radius 1 is 0.791 bits per heavy atom. The minimum Gasteiger partial charge on any atom is -0.394 e. The van der Waals surface area contributed by atoms with Crippen LogP contribution in [-0.4, -0.2) is 121 Å². The van der Waals surface area contributed by atoms with Gasteiger partial charge in [-0.05, 0) is 18.1 Å². The summed E-state index contributed by atoms with van der Waals surface area (Å²) < 4.78 is 54.8. The van der Waals surface area contributed by atoms with Gasteiger partial charge in [0.25, 0.3) is 0 Å². The Labute approximate surface area is 246 Å². The molecule has 4 heterocycles. The minimum atomic E-state index is -1.66. The molecule has 2 fully saturated rings. The number of aliphatic hydroxyl groups is 6. The summed E-state index contributed by atoms with van der Waals surface area (Å²) in [5.41, 5.74) is -2.16. The van der Waals surface area contributed by atoms with Crippen LogP contribution in [0.15, 0.2) is 24.5 Å². The number of thioether (sulfide) groups is 1. The first-order valence-electron chi connectivity index (χ1n) is 13.3. The topological polar surface area (TPSA) is 201 Å². The molecule has 236 valence electrons. The fourth-order valence-electron chi connectivity index (χ4n) is 5.08. The van der Waals surface area contributed by atoms with E-state index >= 15 is 0 Å². The van der Waals surface area contributed by atoms with Crippen LogP contribution in [0, 0.1) is 17.5 Å². The quantitative estimate of drug-likeness (QED) is 0.173. The lowest BCUT2D eigenvalue weighted by Crippen LogP contribution is -2.58. The molecule has 0 saturated carbocycles. The smallest absolute Gasteiger partial charge is 0.194 e. The lowest BCUT2D eigenvalue weighted by molar-refractivity contribution is -0.189. The van der Waals surface area contributed by atoms with Gasteiger partial charge in [0.2, 0.25) is 0 Å². The first kappa shape index (κ1) is 31.7. The number of hydrogen-bond donors (Lipinski definition) is 6. The van der Waals surface area contributed by atoms with Gasteiger partial charge in [-0.25, -0.2) is 22.5 Å². The van der Waals surface area contributed by atoms with E-state index in [2.05, 4.69) is 20.6 Å². The number of hydrogen-bond acceptors (Lipinski definition) is 13. The summed E-state index contributed by atoms with van der Waals surface area (Å²) in [6.07, 6.45) is -5.68. The monoisotopic (exact) mass is 632 g/mol. The van der Waals surface area contributed by atoms with Crippen molar-refractivity contribution in [3.63, 3.8) is 0 Å². The van der Waals surface area contributed by atoms with Gasteiger partial charge in [-0.15, -0.1) is 10.2 Å². The van der Waals surface area contributed by atoms with Crippen LogP contribution in [0.2, 0.25) is 0 Å². The molecule has 6 N–H and O–H groups in total. The van der Waals surface area contributed by atoms with Gasteiger partial charge in [0.15, 0.2) is 17.5 Å². The lowest BCUT2D eigenvalue weighted by Gasteiger charge is -2.46. The van der Waals surface area contributed by atoms with Gasteiger partial charge in [0, 0.05) is 11.8 Å². The number of aromatic nitrogens is 6. The van der Waals surface area contributed by atoms with Crippen LogP contribution < -0.4 is 0 Å². The zero-order valence-electron chi connectivity index (χ0n) is 22.8. The van der Waals surface area contributed by atoms with Gasteiger partial charge < -0.3 is 40.1 Å². The van der Waals surface area contributed by atoms with E-state index in [1.807, 2.05) is 13.8 Å². The molecule has 10 atom stereocenters. The summed E-state index contributed by atoms with van der Waals surface area (Å²) in [4.78, 5) is 0. The van der Waals surface area contributed by atoms with Crippen LogP contribution in [-0.2, 0) is 9.47 Å². The fraction of sp³-hybridized carbons (Fsp3) is 0.600. The van der Waals surface area contributed by atoms with Crippen LogP contribution >= 0.6 is 11.8 Å². The van der Waals surface area contributed by atoms with Crippen molar-refractivity contribution >= 4 is 11.8 Å². The van der Waals surface area contributed by atoms with Crippen LogP contribution in [0.3, 0.4) is 0 Å². The summed E-state index contributed by atoms with van der Waals surface area (Å²) >= 11 is 0.766. The van der Waals surface area contributed by atoms with Crippen molar-refractivity contribution < 1.29 is 53.3 Å². The Hall–Kier alpha value is -2.68. The molecule has 18 heteroatoms. The number of halogens is 3. The summed E-state index contributed by atoms with van der Waals surface area (Å²) in [5, 5.41) is 79.9. The second-order valence-corrected chi connectivity index (χ2v) is 11.8. The average Bonchev–Trinajstić information content (AvgIpc) is 3.65. The first-order chi connectivity index (χ1) is 20.4. The lowest BCUT2D eigenvalue weighted by atomic mass is 9.97. The van der Waals surface area contributed by atoms with Crippen LogP contribution in [0.5, 0.6) is 0 Å². The maximum Gasteiger partial charge on any atom is 0.194 e. The summed E-state index contributed by atoms with van der Waals surface area (Å²) in [7, 11) is 0. The molecule has 1 aromatic carbocycles. The molecule has 2 saturated heterocycles. The number of aliphatic hydroxyl groups excluding tert-OH is 6. The number of ether oxygens (including phenoxy) is 2. The zero-order valence-corrected chi connectivity index (χ0v) is 23.6. The molecule has 0 bridgehead atoms. The van der Waals surface area contributed by atoms with Crippen molar-refractivity contribution in [2.24, 2.45) is 0 Å². The molecule has 0 amide bonds. The van der Waals surface area contributed by atoms with E-state index in [0.717, 1.165) is 16.4 Å². The molecule has 5 rings (SSSR count). The third-order valence-electron chi connectivity index (χ3n) is 7.49. The van der Waals surface area contributed by atoms with Crippen molar-refractivity contribution in [1.29, 1.82) is 0 Å². The molecular weight excluding hydrogens is 601 g/mol. The second kappa shape index (κ2) is 12.7. The van der Waals surface area contributed by atoms with Crippen LogP contribution in [0.25, 0.3) is 11.3 Å². The van der Waals surface area contributed by atoms with E-state index in [1.54, 1.807) is 6.20 Å². The predicted octanol–water partition coefficient (Wildman–Crippen LogP) is -0.529. The highest BCUT2D eigenvalue weighted by Gasteiger charge is 2.51. The van der Waals surface area contributed by atoms with Gasteiger partial charge >= 0.3 is 0 Å².